The van der Waals surface area contributed by atoms with Gasteiger partial charge in [-0.05, 0) is 54.8 Å². The first-order chi connectivity index (χ1) is 9.97. The molecule has 0 spiro atoms. The average molecular weight is 290 g/mol. The van der Waals surface area contributed by atoms with Crippen LogP contribution in [0, 0.1) is 29.1 Å². The minimum Gasteiger partial charge on any atom is -0.393 e. The van der Waals surface area contributed by atoms with Crippen LogP contribution in [-0.2, 0) is 0 Å². The number of fused-ring (bicyclic) bond motifs is 1. The first-order valence-corrected chi connectivity index (χ1v) is 8.98. The number of rotatable bonds is 5. The Morgan fingerprint density at radius 2 is 2.19 bits per heavy atom. The first-order valence-electron chi connectivity index (χ1n) is 8.98. The summed E-state index contributed by atoms with van der Waals surface area (Å²) in [5.74, 6) is 2.88. The SMILES string of the molecule is C=CC(C)C(CC)C1CC=C2CC(O)CCC2(C)C1CC. The van der Waals surface area contributed by atoms with Crippen LogP contribution in [0.2, 0.25) is 0 Å². The maximum Gasteiger partial charge on any atom is 0.0577 e. The van der Waals surface area contributed by atoms with E-state index in [-0.39, 0.29) is 6.10 Å². The fourth-order valence-electron chi connectivity index (χ4n) is 5.34. The summed E-state index contributed by atoms with van der Waals surface area (Å²) in [6.45, 7) is 13.5. The van der Waals surface area contributed by atoms with E-state index in [9.17, 15) is 5.11 Å². The summed E-state index contributed by atoms with van der Waals surface area (Å²) in [5.41, 5.74) is 1.87. The molecule has 1 nitrogen and oxygen atoms in total. The molecule has 120 valence electrons. The highest BCUT2D eigenvalue weighted by molar-refractivity contribution is 5.23. The third-order valence-corrected chi connectivity index (χ3v) is 6.67. The second-order valence-corrected chi connectivity index (χ2v) is 7.62. The van der Waals surface area contributed by atoms with Crippen molar-refractivity contribution < 1.29 is 5.11 Å². The molecule has 1 heteroatoms. The van der Waals surface area contributed by atoms with Gasteiger partial charge >= 0.3 is 0 Å². The normalized spacial score (nSPS) is 39.1. The van der Waals surface area contributed by atoms with E-state index >= 15 is 0 Å². The molecule has 0 radical (unpaired) electrons. The highest BCUT2D eigenvalue weighted by Crippen LogP contribution is 2.56. The van der Waals surface area contributed by atoms with Gasteiger partial charge in [-0.2, -0.15) is 0 Å². The van der Waals surface area contributed by atoms with Crippen molar-refractivity contribution in [2.75, 3.05) is 0 Å². The molecular formula is C20H34O. The van der Waals surface area contributed by atoms with Crippen molar-refractivity contribution in [1.29, 1.82) is 0 Å². The molecule has 1 fully saturated rings. The first kappa shape index (κ1) is 16.8. The summed E-state index contributed by atoms with van der Waals surface area (Å²) < 4.78 is 0. The van der Waals surface area contributed by atoms with Crippen molar-refractivity contribution in [2.24, 2.45) is 29.1 Å². The van der Waals surface area contributed by atoms with Crippen molar-refractivity contribution in [1.82, 2.24) is 0 Å². The zero-order valence-electron chi connectivity index (χ0n) is 14.4. The molecule has 0 aromatic carbocycles. The predicted molar refractivity (Wildman–Crippen MR) is 91.1 cm³/mol. The van der Waals surface area contributed by atoms with Crippen LogP contribution in [-0.4, -0.2) is 11.2 Å². The van der Waals surface area contributed by atoms with Gasteiger partial charge in [0.05, 0.1) is 6.10 Å². The van der Waals surface area contributed by atoms with E-state index in [1.807, 2.05) is 0 Å². The molecule has 0 aromatic heterocycles. The number of hydrogen-bond acceptors (Lipinski definition) is 1. The van der Waals surface area contributed by atoms with E-state index in [4.69, 9.17) is 0 Å². The lowest BCUT2D eigenvalue weighted by atomic mass is 9.53. The second kappa shape index (κ2) is 6.69. The smallest absolute Gasteiger partial charge is 0.0577 e. The zero-order valence-corrected chi connectivity index (χ0v) is 14.4. The Balaban J connectivity index is 2.31. The fraction of sp³-hybridized carbons (Fsp3) is 0.800. The molecule has 6 atom stereocenters. The number of hydrogen-bond donors (Lipinski definition) is 1. The van der Waals surface area contributed by atoms with E-state index < -0.39 is 0 Å². The Bertz CT molecular complexity index is 397. The van der Waals surface area contributed by atoms with Crippen LogP contribution in [0.3, 0.4) is 0 Å². The molecule has 0 heterocycles. The molecule has 0 aliphatic heterocycles. The van der Waals surface area contributed by atoms with Crippen LogP contribution in [0.4, 0.5) is 0 Å². The monoisotopic (exact) mass is 290 g/mol. The Labute approximate surface area is 131 Å². The van der Waals surface area contributed by atoms with Gasteiger partial charge in [-0.25, -0.2) is 0 Å². The highest BCUT2D eigenvalue weighted by atomic mass is 16.3. The van der Waals surface area contributed by atoms with Gasteiger partial charge in [0.2, 0.25) is 0 Å². The Kier molecular flexibility index (Phi) is 5.35. The lowest BCUT2D eigenvalue weighted by molar-refractivity contribution is 0.0242. The van der Waals surface area contributed by atoms with Crippen molar-refractivity contribution in [3.05, 3.63) is 24.3 Å². The van der Waals surface area contributed by atoms with Crippen molar-refractivity contribution in [2.45, 2.75) is 72.3 Å². The van der Waals surface area contributed by atoms with E-state index in [0.29, 0.717) is 11.3 Å². The summed E-state index contributed by atoms with van der Waals surface area (Å²) in [5, 5.41) is 10.0. The lowest BCUT2D eigenvalue weighted by Gasteiger charge is -2.52. The molecular weight excluding hydrogens is 256 g/mol. The minimum absolute atomic E-state index is 0.104. The third kappa shape index (κ3) is 2.99. The van der Waals surface area contributed by atoms with Crippen molar-refractivity contribution >= 4 is 0 Å². The number of allylic oxidation sites excluding steroid dienone is 2. The van der Waals surface area contributed by atoms with E-state index in [0.717, 1.165) is 37.0 Å². The molecule has 1 saturated carbocycles. The van der Waals surface area contributed by atoms with Gasteiger partial charge in [-0.15, -0.1) is 6.58 Å². The van der Waals surface area contributed by atoms with Gasteiger partial charge in [-0.3, -0.25) is 0 Å². The summed E-state index contributed by atoms with van der Waals surface area (Å²) in [6, 6.07) is 0. The molecule has 2 aliphatic carbocycles. The largest absolute Gasteiger partial charge is 0.393 e. The number of aliphatic hydroxyl groups is 1. The topological polar surface area (TPSA) is 20.2 Å². The molecule has 2 aliphatic rings. The molecule has 21 heavy (non-hydrogen) atoms. The Morgan fingerprint density at radius 3 is 2.76 bits per heavy atom. The minimum atomic E-state index is -0.104. The summed E-state index contributed by atoms with van der Waals surface area (Å²) in [7, 11) is 0. The number of aliphatic hydroxyl groups excluding tert-OH is 1. The quantitative estimate of drug-likeness (QED) is 0.676. The molecule has 0 saturated heterocycles. The van der Waals surface area contributed by atoms with Crippen LogP contribution in [0.1, 0.15) is 66.2 Å². The Morgan fingerprint density at radius 1 is 1.48 bits per heavy atom. The molecule has 0 aromatic rings. The van der Waals surface area contributed by atoms with Gasteiger partial charge in [-0.1, -0.05) is 58.3 Å². The van der Waals surface area contributed by atoms with Gasteiger partial charge in [0.25, 0.3) is 0 Å². The lowest BCUT2D eigenvalue weighted by Crippen LogP contribution is -2.44. The molecule has 0 amide bonds. The maximum absolute atomic E-state index is 10.0. The molecule has 0 bridgehead atoms. The molecule has 2 rings (SSSR count). The summed E-state index contributed by atoms with van der Waals surface area (Å²) in [6.07, 6.45) is 11.3. The summed E-state index contributed by atoms with van der Waals surface area (Å²) >= 11 is 0. The van der Waals surface area contributed by atoms with Gasteiger partial charge in [0.1, 0.15) is 0 Å². The predicted octanol–water partition coefficient (Wildman–Crippen LogP) is 5.36. The van der Waals surface area contributed by atoms with Crippen LogP contribution in [0.5, 0.6) is 0 Å². The zero-order chi connectivity index (χ0) is 15.6. The highest BCUT2D eigenvalue weighted by Gasteiger charge is 2.47. The van der Waals surface area contributed by atoms with Gasteiger partial charge < -0.3 is 5.11 Å². The van der Waals surface area contributed by atoms with E-state index in [2.05, 4.69) is 46.4 Å². The maximum atomic E-state index is 10.0. The fourth-order valence-corrected chi connectivity index (χ4v) is 5.34. The summed E-state index contributed by atoms with van der Waals surface area (Å²) in [4.78, 5) is 0. The van der Waals surface area contributed by atoms with Crippen LogP contribution in [0.15, 0.2) is 24.3 Å². The second-order valence-electron chi connectivity index (χ2n) is 7.62. The van der Waals surface area contributed by atoms with E-state index in [1.165, 1.54) is 19.3 Å². The van der Waals surface area contributed by atoms with Gasteiger partial charge in [0.15, 0.2) is 0 Å². The average Bonchev–Trinajstić information content (AvgIpc) is 2.48. The molecule has 1 N–H and O–H groups in total. The van der Waals surface area contributed by atoms with Crippen LogP contribution >= 0.6 is 0 Å². The van der Waals surface area contributed by atoms with Crippen LogP contribution in [0.25, 0.3) is 0 Å². The van der Waals surface area contributed by atoms with Crippen LogP contribution < -0.4 is 0 Å². The standard InChI is InChI=1S/C20H34O/c1-6-14(4)17(7-2)18-10-9-15-13-16(21)11-12-20(15,5)19(18)8-3/h6,9,14,16-19,21H,1,7-8,10-13H2,2-5H3. The molecule has 6 unspecified atom stereocenters. The Hall–Kier alpha value is -0.560. The third-order valence-electron chi connectivity index (χ3n) is 6.67. The van der Waals surface area contributed by atoms with E-state index in [1.54, 1.807) is 5.57 Å². The van der Waals surface area contributed by atoms with Crippen molar-refractivity contribution in [3.8, 4) is 0 Å². The van der Waals surface area contributed by atoms with Crippen molar-refractivity contribution in [3.63, 3.8) is 0 Å². The van der Waals surface area contributed by atoms with Gasteiger partial charge in [0, 0.05) is 0 Å².